The van der Waals surface area contributed by atoms with Gasteiger partial charge in [0.1, 0.15) is 12.5 Å². The number of benzene rings is 1. The first-order valence-electron chi connectivity index (χ1n) is 9.86. The summed E-state index contributed by atoms with van der Waals surface area (Å²) in [5, 5.41) is 2.74. The van der Waals surface area contributed by atoms with Crippen molar-refractivity contribution in [1.82, 2.24) is 10.4 Å². The molecule has 1 fully saturated rings. The molecule has 11 nitrogen and oxygen atoms in total. The fourth-order valence-electron chi connectivity index (χ4n) is 4.46. The van der Waals surface area contributed by atoms with Crippen LogP contribution in [0, 0.1) is 5.92 Å². The highest BCUT2D eigenvalue weighted by Gasteiger charge is 2.49. The number of amides is 2. The minimum atomic E-state index is -1.10. The maximum atomic E-state index is 13.2. The maximum Gasteiger partial charge on any atom is 0.350 e. The third-order valence-electron chi connectivity index (χ3n) is 5.99. The predicted octanol–water partition coefficient (Wildman–Crippen LogP) is -1.10. The van der Waals surface area contributed by atoms with Crippen LogP contribution in [0.3, 0.4) is 0 Å². The third kappa shape index (κ3) is 3.77. The molecule has 4 aliphatic heterocycles. The largest absolute Gasteiger partial charge is 0.469 e. The number of carbonyl (C=O) groups is 5. The van der Waals surface area contributed by atoms with Gasteiger partial charge in [0.05, 0.1) is 19.1 Å². The number of hydroxylamine groups is 1. The Morgan fingerprint density at radius 3 is 2.81 bits per heavy atom. The van der Waals surface area contributed by atoms with Gasteiger partial charge in [-0.3, -0.25) is 24.1 Å². The molecule has 164 valence electrons. The predicted molar refractivity (Wildman–Crippen MR) is 104 cm³/mol. The normalized spacial score (nSPS) is 27.9. The number of ketones is 1. The van der Waals surface area contributed by atoms with Gasteiger partial charge in [-0.25, -0.2) is 4.79 Å². The number of esters is 1. The van der Waals surface area contributed by atoms with E-state index in [-0.39, 0.29) is 18.5 Å². The SMILES string of the molecule is COC(=O)CC(=O)C1C2Cc3ccc(cc3NC2=O)C(=O)NOC(=O)C2C(N)CCN21. The van der Waals surface area contributed by atoms with Crippen LogP contribution >= 0.6 is 0 Å². The first-order chi connectivity index (χ1) is 14.8. The Labute approximate surface area is 177 Å². The number of nitrogens with one attached hydrogen (secondary N) is 2. The van der Waals surface area contributed by atoms with Crippen LogP contribution in [0.2, 0.25) is 0 Å². The molecule has 1 saturated heterocycles. The van der Waals surface area contributed by atoms with Gasteiger partial charge in [0, 0.05) is 23.8 Å². The molecular weight excluding hydrogens is 408 g/mol. The highest BCUT2D eigenvalue weighted by atomic mass is 16.7. The Morgan fingerprint density at radius 1 is 1.29 bits per heavy atom. The van der Waals surface area contributed by atoms with E-state index >= 15 is 0 Å². The Bertz CT molecular complexity index is 978. The van der Waals surface area contributed by atoms with Crippen LogP contribution < -0.4 is 16.5 Å². The second kappa shape index (κ2) is 8.08. The van der Waals surface area contributed by atoms with Gasteiger partial charge in [0.25, 0.3) is 5.91 Å². The topological polar surface area (TPSA) is 157 Å². The Morgan fingerprint density at radius 2 is 2.06 bits per heavy atom. The lowest BCUT2D eigenvalue weighted by Gasteiger charge is -2.37. The van der Waals surface area contributed by atoms with Crippen LogP contribution in [0.1, 0.15) is 28.8 Å². The second-order valence-corrected chi connectivity index (χ2v) is 7.82. The molecule has 0 radical (unpaired) electrons. The van der Waals surface area contributed by atoms with E-state index < -0.39 is 60.0 Å². The van der Waals surface area contributed by atoms with Crippen LogP contribution in [-0.2, 0) is 35.2 Å². The van der Waals surface area contributed by atoms with E-state index in [0.29, 0.717) is 12.1 Å². The number of nitrogens with two attached hydrogens (primary N) is 1. The van der Waals surface area contributed by atoms with E-state index in [1.165, 1.54) is 17.0 Å². The summed E-state index contributed by atoms with van der Waals surface area (Å²) < 4.78 is 4.61. The zero-order valence-electron chi connectivity index (χ0n) is 16.8. The maximum absolute atomic E-state index is 13.2. The summed E-state index contributed by atoms with van der Waals surface area (Å²) >= 11 is 0. The Balaban J connectivity index is 1.81. The van der Waals surface area contributed by atoms with Crippen LogP contribution in [0.5, 0.6) is 0 Å². The summed E-state index contributed by atoms with van der Waals surface area (Å²) in [5.74, 6) is -4.13. The molecule has 5 rings (SSSR count). The van der Waals surface area contributed by atoms with Crippen molar-refractivity contribution in [2.45, 2.75) is 37.4 Å². The lowest BCUT2D eigenvalue weighted by atomic mass is 9.83. The van der Waals surface area contributed by atoms with Gasteiger partial charge in [0.2, 0.25) is 5.91 Å². The number of methoxy groups -OCH3 is 1. The molecule has 4 atom stereocenters. The average molecular weight is 430 g/mol. The van der Waals surface area contributed by atoms with Gasteiger partial charge in [-0.15, -0.1) is 0 Å². The minimum Gasteiger partial charge on any atom is -0.469 e. The summed E-state index contributed by atoms with van der Waals surface area (Å²) in [5.41, 5.74) is 9.58. The Kier molecular flexibility index (Phi) is 5.46. The number of rotatable bonds is 3. The molecule has 1 aromatic carbocycles. The van der Waals surface area contributed by atoms with Crippen LogP contribution in [0.25, 0.3) is 0 Å². The lowest BCUT2D eigenvalue weighted by molar-refractivity contribution is -0.157. The molecule has 1 aromatic rings. The van der Waals surface area contributed by atoms with Crippen molar-refractivity contribution in [2.24, 2.45) is 11.7 Å². The first kappa shape index (κ1) is 20.9. The molecule has 0 aromatic heterocycles. The zero-order chi connectivity index (χ0) is 22.3. The van der Waals surface area contributed by atoms with Crippen LogP contribution in [-0.4, -0.2) is 66.2 Å². The second-order valence-electron chi connectivity index (χ2n) is 7.82. The zero-order valence-corrected chi connectivity index (χ0v) is 16.8. The molecule has 0 aliphatic carbocycles. The molecule has 4 aliphatic rings. The van der Waals surface area contributed by atoms with Gasteiger partial charge in [-0.1, -0.05) is 6.07 Å². The Hall–Kier alpha value is -3.31. The summed E-state index contributed by atoms with van der Waals surface area (Å²) in [7, 11) is 1.16. The van der Waals surface area contributed by atoms with Gasteiger partial charge in [-0.2, -0.15) is 5.48 Å². The minimum absolute atomic E-state index is 0.189. The van der Waals surface area contributed by atoms with Crippen LogP contribution in [0.15, 0.2) is 18.2 Å². The number of ether oxygens (including phenoxy) is 1. The van der Waals surface area contributed by atoms with Crippen molar-refractivity contribution >= 4 is 35.2 Å². The number of Topliss-reactive ketones (excluding diaryl/α,β-unsaturated/α-hetero) is 1. The highest BCUT2D eigenvalue weighted by molar-refractivity contribution is 6.05. The van der Waals surface area contributed by atoms with Crippen molar-refractivity contribution in [3.05, 3.63) is 29.3 Å². The fraction of sp³-hybridized carbons (Fsp3) is 0.450. The summed E-state index contributed by atoms with van der Waals surface area (Å²) in [6.45, 7) is 0.238. The molecule has 4 bridgehead atoms. The number of fused-ring (bicyclic) bond motifs is 5. The summed E-state index contributed by atoms with van der Waals surface area (Å²) in [6, 6.07) is 1.82. The molecule has 4 N–H and O–H groups in total. The smallest absolute Gasteiger partial charge is 0.350 e. The van der Waals surface area contributed by atoms with E-state index in [2.05, 4.69) is 15.5 Å². The highest BCUT2D eigenvalue weighted by Crippen LogP contribution is 2.34. The standard InChI is InChI=1S/C20H22N4O7/c1-30-15(26)8-14(25)16-11-6-9-2-3-10(7-13(9)22-19(11)28)18(27)23-31-20(29)17-12(21)4-5-24(16)17/h2-3,7,11-12,16-17H,4-6,8,21H2,1H3,(H,22,28)(H,23,27). The number of hydrogen-bond acceptors (Lipinski definition) is 9. The van der Waals surface area contributed by atoms with Crippen molar-refractivity contribution in [2.75, 3.05) is 19.0 Å². The molecule has 4 unspecified atom stereocenters. The molecule has 0 saturated carbocycles. The van der Waals surface area contributed by atoms with E-state index in [0.717, 1.165) is 12.7 Å². The molecule has 0 spiro atoms. The number of carbonyl (C=O) groups excluding carboxylic acids is 5. The quantitative estimate of drug-likeness (QED) is 0.400. The first-order valence-corrected chi connectivity index (χ1v) is 9.86. The average Bonchev–Trinajstić information content (AvgIpc) is 3.12. The van der Waals surface area contributed by atoms with E-state index in [9.17, 15) is 24.0 Å². The van der Waals surface area contributed by atoms with Crippen molar-refractivity contribution < 1.29 is 33.5 Å². The van der Waals surface area contributed by atoms with Crippen molar-refractivity contribution in [3.63, 3.8) is 0 Å². The molecular formula is C20H22N4O7. The number of anilines is 1. The molecule has 2 amide bonds. The lowest BCUT2D eigenvalue weighted by Crippen LogP contribution is -2.58. The summed E-state index contributed by atoms with van der Waals surface area (Å²) in [4.78, 5) is 69.6. The van der Waals surface area contributed by atoms with E-state index in [1.54, 1.807) is 6.07 Å². The van der Waals surface area contributed by atoms with Gasteiger partial charge in [0.15, 0.2) is 5.78 Å². The van der Waals surface area contributed by atoms with Crippen LogP contribution in [0.4, 0.5) is 5.69 Å². The summed E-state index contributed by atoms with van der Waals surface area (Å²) in [6.07, 6.45) is -0.00179. The monoisotopic (exact) mass is 430 g/mol. The van der Waals surface area contributed by atoms with E-state index in [1.807, 2.05) is 0 Å². The van der Waals surface area contributed by atoms with Gasteiger partial charge < -0.3 is 20.6 Å². The van der Waals surface area contributed by atoms with Gasteiger partial charge >= 0.3 is 11.9 Å². The number of nitrogens with zero attached hydrogens (tertiary/aromatic N) is 1. The number of hydrogen-bond donors (Lipinski definition) is 3. The van der Waals surface area contributed by atoms with Crippen molar-refractivity contribution in [1.29, 1.82) is 0 Å². The molecule has 31 heavy (non-hydrogen) atoms. The third-order valence-corrected chi connectivity index (χ3v) is 5.99. The van der Waals surface area contributed by atoms with Gasteiger partial charge in [-0.05, 0) is 30.5 Å². The van der Waals surface area contributed by atoms with E-state index in [4.69, 9.17) is 10.6 Å². The van der Waals surface area contributed by atoms with Crippen molar-refractivity contribution in [3.8, 4) is 0 Å². The molecule has 11 heteroatoms. The molecule has 4 heterocycles. The fourth-order valence-corrected chi connectivity index (χ4v) is 4.46.